The van der Waals surface area contributed by atoms with Crippen LogP contribution in [-0.2, 0) is 23.8 Å². The Bertz CT molecular complexity index is 504. The summed E-state index contributed by atoms with van der Waals surface area (Å²) in [6.45, 7) is 1.94. The third-order valence-electron chi connectivity index (χ3n) is 2.55. The Kier molecular flexibility index (Phi) is 5.98. The van der Waals surface area contributed by atoms with Gasteiger partial charge in [0.15, 0.2) is 0 Å². The maximum Gasteiger partial charge on any atom is 0.305 e. The van der Waals surface area contributed by atoms with Crippen LogP contribution in [0.5, 0.6) is 0 Å². The van der Waals surface area contributed by atoms with E-state index in [0.717, 1.165) is 5.56 Å². The van der Waals surface area contributed by atoms with Crippen molar-refractivity contribution >= 4 is 16.1 Å². The number of hydrogen-bond donors (Lipinski definition) is 0. The molecule has 0 aliphatic rings. The fourth-order valence-electron chi connectivity index (χ4n) is 1.42. The van der Waals surface area contributed by atoms with E-state index in [0.29, 0.717) is 12.8 Å². The minimum atomic E-state index is -3.70. The Hall–Kier alpha value is -1.40. The number of carbonyl (C=O) groups excluding carboxylic acids is 1. The number of carbonyl (C=O) groups is 1. The van der Waals surface area contributed by atoms with Crippen molar-refractivity contribution in [3.63, 3.8) is 0 Å². The highest BCUT2D eigenvalue weighted by atomic mass is 32.2. The number of esters is 1. The van der Waals surface area contributed by atoms with Gasteiger partial charge in [-0.2, -0.15) is 8.42 Å². The summed E-state index contributed by atoms with van der Waals surface area (Å²) in [5.41, 5.74) is 0.983. The molecule has 106 valence electrons. The summed E-state index contributed by atoms with van der Waals surface area (Å²) in [5.74, 6) is -0.304. The number of methoxy groups -OCH3 is 1. The largest absolute Gasteiger partial charge is 0.469 e. The molecule has 0 bridgehead atoms. The molecule has 19 heavy (non-hydrogen) atoms. The molecule has 6 heteroatoms. The second kappa shape index (κ2) is 7.25. The van der Waals surface area contributed by atoms with Gasteiger partial charge in [-0.25, -0.2) is 0 Å². The molecule has 0 spiro atoms. The van der Waals surface area contributed by atoms with Crippen molar-refractivity contribution in [2.75, 3.05) is 13.7 Å². The van der Waals surface area contributed by atoms with Crippen molar-refractivity contribution < 1.29 is 22.1 Å². The highest BCUT2D eigenvalue weighted by molar-refractivity contribution is 7.86. The predicted molar refractivity (Wildman–Crippen MR) is 70.2 cm³/mol. The number of hydrogen-bond acceptors (Lipinski definition) is 5. The minimum Gasteiger partial charge on any atom is -0.469 e. The van der Waals surface area contributed by atoms with Crippen LogP contribution in [0.4, 0.5) is 0 Å². The van der Waals surface area contributed by atoms with Gasteiger partial charge in [-0.05, 0) is 31.9 Å². The van der Waals surface area contributed by atoms with Gasteiger partial charge in [0, 0.05) is 6.42 Å². The van der Waals surface area contributed by atoms with Gasteiger partial charge in [-0.1, -0.05) is 17.7 Å². The molecule has 1 aromatic carbocycles. The Morgan fingerprint density at radius 2 is 1.79 bits per heavy atom. The molecular formula is C13H18O5S. The Balaban J connectivity index is 2.39. The predicted octanol–water partition coefficient (Wildman–Crippen LogP) is 2.04. The van der Waals surface area contributed by atoms with Gasteiger partial charge in [0.2, 0.25) is 0 Å². The Labute approximate surface area is 113 Å². The van der Waals surface area contributed by atoms with Gasteiger partial charge in [-0.15, -0.1) is 0 Å². The molecule has 0 aromatic heterocycles. The summed E-state index contributed by atoms with van der Waals surface area (Å²) in [5, 5.41) is 0. The monoisotopic (exact) mass is 286 g/mol. The summed E-state index contributed by atoms with van der Waals surface area (Å²) in [7, 11) is -2.38. The van der Waals surface area contributed by atoms with Crippen molar-refractivity contribution in [1.82, 2.24) is 0 Å². The van der Waals surface area contributed by atoms with Crippen LogP contribution in [-0.4, -0.2) is 28.1 Å². The molecule has 0 saturated carbocycles. The summed E-state index contributed by atoms with van der Waals surface area (Å²) in [6, 6.07) is 6.46. The molecule has 0 N–H and O–H groups in total. The Morgan fingerprint density at radius 1 is 1.16 bits per heavy atom. The molecule has 1 aromatic rings. The van der Waals surface area contributed by atoms with E-state index in [2.05, 4.69) is 4.74 Å². The zero-order chi connectivity index (χ0) is 14.3. The average Bonchev–Trinajstić information content (AvgIpc) is 2.38. The minimum absolute atomic E-state index is 0.0627. The molecular weight excluding hydrogens is 268 g/mol. The number of aryl methyl sites for hydroxylation is 1. The summed E-state index contributed by atoms with van der Waals surface area (Å²) >= 11 is 0. The SMILES string of the molecule is COC(=O)CCCCOS(=O)(=O)c1ccc(C)cc1. The fourth-order valence-corrected chi connectivity index (χ4v) is 2.36. The highest BCUT2D eigenvalue weighted by Crippen LogP contribution is 2.13. The molecule has 0 amide bonds. The number of unbranched alkanes of at least 4 members (excludes halogenated alkanes) is 1. The molecule has 1 rings (SSSR count). The summed E-state index contributed by atoms with van der Waals surface area (Å²) in [4.78, 5) is 11.0. The second-order valence-corrected chi connectivity index (χ2v) is 5.74. The maximum atomic E-state index is 11.8. The van der Waals surface area contributed by atoms with Gasteiger partial charge in [0.1, 0.15) is 0 Å². The van der Waals surface area contributed by atoms with Crippen LogP contribution in [0.1, 0.15) is 24.8 Å². The first-order valence-corrected chi connectivity index (χ1v) is 7.39. The molecule has 0 aliphatic carbocycles. The number of rotatable bonds is 7. The fraction of sp³-hybridized carbons (Fsp3) is 0.462. The van der Waals surface area contributed by atoms with E-state index in [-0.39, 0.29) is 23.9 Å². The van der Waals surface area contributed by atoms with Crippen molar-refractivity contribution in [3.05, 3.63) is 29.8 Å². The van der Waals surface area contributed by atoms with Crippen LogP contribution in [0.15, 0.2) is 29.2 Å². The van der Waals surface area contributed by atoms with Crippen LogP contribution < -0.4 is 0 Å². The maximum absolute atomic E-state index is 11.8. The smallest absolute Gasteiger partial charge is 0.305 e. The van der Waals surface area contributed by atoms with Crippen LogP contribution in [0, 0.1) is 6.92 Å². The lowest BCUT2D eigenvalue weighted by Gasteiger charge is -2.05. The van der Waals surface area contributed by atoms with Crippen LogP contribution in [0.25, 0.3) is 0 Å². The van der Waals surface area contributed by atoms with E-state index in [1.165, 1.54) is 19.2 Å². The summed E-state index contributed by atoms with van der Waals surface area (Å²) in [6.07, 6.45) is 1.29. The first kappa shape index (κ1) is 15.7. The molecule has 0 atom stereocenters. The van der Waals surface area contributed by atoms with E-state index in [1.807, 2.05) is 6.92 Å². The van der Waals surface area contributed by atoms with Gasteiger partial charge in [-0.3, -0.25) is 8.98 Å². The van der Waals surface area contributed by atoms with E-state index >= 15 is 0 Å². The van der Waals surface area contributed by atoms with Gasteiger partial charge >= 0.3 is 5.97 Å². The highest BCUT2D eigenvalue weighted by Gasteiger charge is 2.14. The summed E-state index contributed by atoms with van der Waals surface area (Å²) < 4.78 is 32.9. The van der Waals surface area contributed by atoms with Gasteiger partial charge < -0.3 is 4.74 Å². The standard InChI is InChI=1S/C13H18O5S/c1-11-6-8-12(9-7-11)19(15,16)18-10-4-3-5-13(14)17-2/h6-9H,3-5,10H2,1-2H3. The third-order valence-corrected chi connectivity index (χ3v) is 3.88. The van der Waals surface area contributed by atoms with Crippen LogP contribution in [0.3, 0.4) is 0 Å². The molecule has 0 aliphatic heterocycles. The lowest BCUT2D eigenvalue weighted by atomic mass is 10.2. The van der Waals surface area contributed by atoms with Crippen molar-refractivity contribution in [2.45, 2.75) is 31.1 Å². The van der Waals surface area contributed by atoms with Crippen molar-refractivity contribution in [3.8, 4) is 0 Å². The van der Waals surface area contributed by atoms with E-state index < -0.39 is 10.1 Å². The molecule has 5 nitrogen and oxygen atoms in total. The topological polar surface area (TPSA) is 69.7 Å². The number of benzene rings is 1. The lowest BCUT2D eigenvalue weighted by Crippen LogP contribution is -2.08. The molecule has 0 radical (unpaired) electrons. The molecule has 0 fully saturated rings. The molecule has 0 saturated heterocycles. The van der Waals surface area contributed by atoms with E-state index in [1.54, 1.807) is 12.1 Å². The first-order valence-electron chi connectivity index (χ1n) is 5.98. The van der Waals surface area contributed by atoms with Gasteiger partial charge in [0.05, 0.1) is 18.6 Å². The van der Waals surface area contributed by atoms with E-state index in [9.17, 15) is 13.2 Å². The molecule has 0 unspecified atom stereocenters. The van der Waals surface area contributed by atoms with Crippen LogP contribution in [0.2, 0.25) is 0 Å². The zero-order valence-corrected chi connectivity index (χ0v) is 11.9. The van der Waals surface area contributed by atoms with Crippen molar-refractivity contribution in [2.24, 2.45) is 0 Å². The first-order chi connectivity index (χ1) is 8.95. The lowest BCUT2D eigenvalue weighted by molar-refractivity contribution is -0.140. The quantitative estimate of drug-likeness (QED) is 0.436. The van der Waals surface area contributed by atoms with Gasteiger partial charge in [0.25, 0.3) is 10.1 Å². The molecule has 0 heterocycles. The zero-order valence-electron chi connectivity index (χ0n) is 11.1. The third kappa shape index (κ3) is 5.40. The Morgan fingerprint density at radius 3 is 2.37 bits per heavy atom. The normalized spacial score (nSPS) is 11.3. The second-order valence-electron chi connectivity index (χ2n) is 4.12. The van der Waals surface area contributed by atoms with Crippen LogP contribution >= 0.6 is 0 Å². The van der Waals surface area contributed by atoms with Crippen molar-refractivity contribution in [1.29, 1.82) is 0 Å². The number of ether oxygens (including phenoxy) is 1. The average molecular weight is 286 g/mol. The van der Waals surface area contributed by atoms with E-state index in [4.69, 9.17) is 4.18 Å².